The SMILES string of the molecule is O=C(Cc1ccc2c(c1)CCCC2)NNC(=O)c1ccccc1F. The molecule has 2 aromatic rings. The van der Waals surface area contributed by atoms with Crippen LogP contribution in [0.25, 0.3) is 0 Å². The van der Waals surface area contributed by atoms with Crippen LogP contribution in [-0.2, 0) is 24.1 Å². The van der Waals surface area contributed by atoms with Gasteiger partial charge in [-0.05, 0) is 54.5 Å². The van der Waals surface area contributed by atoms with Gasteiger partial charge in [0.1, 0.15) is 5.82 Å². The number of carbonyl (C=O) groups is 2. The van der Waals surface area contributed by atoms with Crippen molar-refractivity contribution in [1.29, 1.82) is 0 Å². The predicted molar refractivity (Wildman–Crippen MR) is 88.8 cm³/mol. The van der Waals surface area contributed by atoms with Crippen molar-refractivity contribution in [2.75, 3.05) is 0 Å². The third-order valence-corrected chi connectivity index (χ3v) is 4.21. The Morgan fingerprint density at radius 1 is 0.958 bits per heavy atom. The number of hydrogen-bond donors (Lipinski definition) is 2. The minimum Gasteiger partial charge on any atom is -0.273 e. The Morgan fingerprint density at radius 2 is 1.71 bits per heavy atom. The number of amides is 2. The summed E-state index contributed by atoms with van der Waals surface area (Å²) in [6, 6.07) is 11.7. The van der Waals surface area contributed by atoms with Crippen molar-refractivity contribution in [3.05, 3.63) is 70.5 Å². The molecule has 4 nitrogen and oxygen atoms in total. The number of fused-ring (bicyclic) bond motifs is 1. The highest BCUT2D eigenvalue weighted by atomic mass is 19.1. The summed E-state index contributed by atoms with van der Waals surface area (Å²) in [5, 5.41) is 0. The van der Waals surface area contributed by atoms with E-state index in [1.165, 1.54) is 42.2 Å². The van der Waals surface area contributed by atoms with E-state index in [0.717, 1.165) is 18.4 Å². The van der Waals surface area contributed by atoms with E-state index in [2.05, 4.69) is 23.0 Å². The molecule has 0 fully saturated rings. The third-order valence-electron chi connectivity index (χ3n) is 4.21. The van der Waals surface area contributed by atoms with Crippen LogP contribution in [0.2, 0.25) is 0 Å². The number of nitrogens with one attached hydrogen (secondary N) is 2. The number of hydrogen-bond acceptors (Lipinski definition) is 2. The Labute approximate surface area is 140 Å². The maximum absolute atomic E-state index is 13.5. The monoisotopic (exact) mass is 326 g/mol. The van der Waals surface area contributed by atoms with Gasteiger partial charge >= 0.3 is 0 Å². The first-order valence-corrected chi connectivity index (χ1v) is 8.08. The summed E-state index contributed by atoms with van der Waals surface area (Å²) in [4.78, 5) is 23.8. The van der Waals surface area contributed by atoms with Gasteiger partial charge in [-0.15, -0.1) is 0 Å². The van der Waals surface area contributed by atoms with E-state index in [9.17, 15) is 14.0 Å². The molecular weight excluding hydrogens is 307 g/mol. The maximum Gasteiger partial charge on any atom is 0.272 e. The zero-order valence-electron chi connectivity index (χ0n) is 13.3. The van der Waals surface area contributed by atoms with Gasteiger partial charge in [0.05, 0.1) is 12.0 Å². The molecule has 0 saturated heterocycles. The van der Waals surface area contributed by atoms with Crippen molar-refractivity contribution in [2.24, 2.45) is 0 Å². The maximum atomic E-state index is 13.5. The molecule has 2 N–H and O–H groups in total. The van der Waals surface area contributed by atoms with Gasteiger partial charge in [-0.2, -0.15) is 0 Å². The van der Waals surface area contributed by atoms with Gasteiger partial charge in [-0.25, -0.2) is 4.39 Å². The lowest BCUT2D eigenvalue weighted by Gasteiger charge is -2.16. The van der Waals surface area contributed by atoms with Crippen molar-refractivity contribution in [2.45, 2.75) is 32.1 Å². The molecule has 0 aliphatic heterocycles. The van der Waals surface area contributed by atoms with Crippen LogP contribution < -0.4 is 10.9 Å². The first-order valence-electron chi connectivity index (χ1n) is 8.08. The Morgan fingerprint density at radius 3 is 2.50 bits per heavy atom. The lowest BCUT2D eigenvalue weighted by molar-refractivity contribution is -0.121. The standard InChI is InChI=1S/C19H19FN2O2/c20-17-8-4-3-7-16(17)19(24)22-21-18(23)12-13-9-10-14-5-1-2-6-15(14)11-13/h3-4,7-11H,1-2,5-6,12H2,(H,21,23)(H,22,24). The fourth-order valence-corrected chi connectivity index (χ4v) is 2.97. The van der Waals surface area contributed by atoms with Crippen molar-refractivity contribution in [3.8, 4) is 0 Å². The third kappa shape index (κ3) is 3.79. The molecule has 1 aliphatic carbocycles. The number of aryl methyl sites for hydroxylation is 2. The van der Waals surface area contributed by atoms with Gasteiger partial charge < -0.3 is 0 Å². The number of rotatable bonds is 3. The van der Waals surface area contributed by atoms with Gasteiger partial charge in [-0.1, -0.05) is 30.3 Å². The van der Waals surface area contributed by atoms with E-state index in [1.807, 2.05) is 6.07 Å². The smallest absolute Gasteiger partial charge is 0.272 e. The summed E-state index contributed by atoms with van der Waals surface area (Å²) in [6.07, 6.45) is 4.72. The molecule has 0 heterocycles. The zero-order valence-corrected chi connectivity index (χ0v) is 13.3. The lowest BCUT2D eigenvalue weighted by atomic mass is 9.90. The number of halogens is 1. The van der Waals surface area contributed by atoms with Crippen LogP contribution in [0.1, 0.15) is 39.9 Å². The van der Waals surface area contributed by atoms with Crippen molar-refractivity contribution >= 4 is 11.8 Å². The van der Waals surface area contributed by atoms with Gasteiger partial charge in [0, 0.05) is 0 Å². The van der Waals surface area contributed by atoms with E-state index < -0.39 is 11.7 Å². The first-order chi connectivity index (χ1) is 11.6. The molecule has 0 saturated carbocycles. The average molecular weight is 326 g/mol. The molecule has 0 radical (unpaired) electrons. The van der Waals surface area contributed by atoms with E-state index in [4.69, 9.17) is 0 Å². The van der Waals surface area contributed by atoms with Gasteiger partial charge in [0.2, 0.25) is 5.91 Å². The Balaban J connectivity index is 1.56. The molecule has 24 heavy (non-hydrogen) atoms. The molecule has 0 spiro atoms. The normalized spacial score (nSPS) is 13.0. The highest BCUT2D eigenvalue weighted by Crippen LogP contribution is 2.22. The lowest BCUT2D eigenvalue weighted by Crippen LogP contribution is -2.42. The summed E-state index contributed by atoms with van der Waals surface area (Å²) in [5.41, 5.74) is 8.05. The van der Waals surface area contributed by atoms with Crippen molar-refractivity contribution < 1.29 is 14.0 Å². The topological polar surface area (TPSA) is 58.2 Å². The second-order valence-electron chi connectivity index (χ2n) is 5.97. The van der Waals surface area contributed by atoms with Crippen LogP contribution >= 0.6 is 0 Å². The molecule has 0 bridgehead atoms. The largest absolute Gasteiger partial charge is 0.273 e. The quantitative estimate of drug-likeness (QED) is 0.852. The van der Waals surface area contributed by atoms with Crippen LogP contribution in [0.5, 0.6) is 0 Å². The van der Waals surface area contributed by atoms with Gasteiger partial charge in [-0.3, -0.25) is 20.4 Å². The molecule has 2 aromatic carbocycles. The van der Waals surface area contributed by atoms with Crippen LogP contribution in [0.3, 0.4) is 0 Å². The molecule has 5 heteroatoms. The zero-order chi connectivity index (χ0) is 16.9. The Bertz CT molecular complexity index is 774. The van der Waals surface area contributed by atoms with Crippen molar-refractivity contribution in [3.63, 3.8) is 0 Å². The molecule has 0 unspecified atom stereocenters. The van der Waals surface area contributed by atoms with Crippen LogP contribution in [0.4, 0.5) is 4.39 Å². The van der Waals surface area contributed by atoms with E-state index in [1.54, 1.807) is 6.07 Å². The van der Waals surface area contributed by atoms with Crippen LogP contribution in [-0.4, -0.2) is 11.8 Å². The minimum absolute atomic E-state index is 0.105. The summed E-state index contributed by atoms with van der Waals surface area (Å²) in [5.74, 6) is -1.64. The second-order valence-corrected chi connectivity index (χ2v) is 5.97. The summed E-state index contributed by atoms with van der Waals surface area (Å²) >= 11 is 0. The minimum atomic E-state index is -0.674. The summed E-state index contributed by atoms with van der Waals surface area (Å²) < 4.78 is 13.5. The number of carbonyl (C=O) groups excluding carboxylic acids is 2. The molecular formula is C19H19FN2O2. The predicted octanol–water partition coefficient (Wildman–Crippen LogP) is 2.71. The summed E-state index contributed by atoms with van der Waals surface area (Å²) in [7, 11) is 0. The molecule has 0 atom stereocenters. The fraction of sp³-hybridized carbons (Fsp3) is 0.263. The van der Waals surface area contributed by atoms with Crippen molar-refractivity contribution in [1.82, 2.24) is 10.9 Å². The van der Waals surface area contributed by atoms with Crippen LogP contribution in [0, 0.1) is 5.82 Å². The first kappa shape index (κ1) is 16.2. The Hall–Kier alpha value is -2.69. The molecule has 0 aromatic heterocycles. The van der Waals surface area contributed by atoms with Gasteiger partial charge in [0.15, 0.2) is 0 Å². The van der Waals surface area contributed by atoms with E-state index >= 15 is 0 Å². The van der Waals surface area contributed by atoms with Gasteiger partial charge in [0.25, 0.3) is 5.91 Å². The number of hydrazine groups is 1. The highest BCUT2D eigenvalue weighted by molar-refractivity contribution is 5.95. The fourth-order valence-electron chi connectivity index (χ4n) is 2.97. The Kier molecular flexibility index (Phi) is 4.89. The summed E-state index contributed by atoms with van der Waals surface area (Å²) in [6.45, 7) is 0. The number of benzene rings is 2. The van der Waals surface area contributed by atoms with E-state index in [0.29, 0.717) is 0 Å². The second kappa shape index (κ2) is 7.25. The molecule has 2 amide bonds. The van der Waals surface area contributed by atoms with E-state index in [-0.39, 0.29) is 17.9 Å². The van der Waals surface area contributed by atoms with Crippen LogP contribution in [0.15, 0.2) is 42.5 Å². The highest BCUT2D eigenvalue weighted by Gasteiger charge is 2.13. The average Bonchev–Trinajstić information content (AvgIpc) is 2.60. The molecule has 1 aliphatic rings. The molecule has 124 valence electrons. The molecule has 3 rings (SSSR count).